The molecule has 1 unspecified atom stereocenters. The van der Waals surface area contributed by atoms with Gasteiger partial charge in [-0.1, -0.05) is 19.9 Å². The van der Waals surface area contributed by atoms with E-state index in [4.69, 9.17) is 0 Å². The highest BCUT2D eigenvalue weighted by Crippen LogP contribution is 2.36. The Bertz CT molecular complexity index is 908. The van der Waals surface area contributed by atoms with Crippen LogP contribution in [0.15, 0.2) is 45.5 Å². The fourth-order valence-corrected chi connectivity index (χ4v) is 6.46. The van der Waals surface area contributed by atoms with E-state index in [1.54, 1.807) is 40.1 Å². The van der Waals surface area contributed by atoms with Gasteiger partial charge in [-0.2, -0.15) is 0 Å². The van der Waals surface area contributed by atoms with Crippen molar-refractivity contribution in [2.75, 3.05) is 17.2 Å². The minimum absolute atomic E-state index is 0.0695. The van der Waals surface area contributed by atoms with Crippen molar-refractivity contribution in [2.45, 2.75) is 43.0 Å². The smallest absolute Gasteiger partial charge is 0.241 e. The monoisotopic (exact) mass is 424 g/mol. The summed E-state index contributed by atoms with van der Waals surface area (Å²) in [5.74, 6) is 0.956. The molecule has 0 aliphatic carbocycles. The van der Waals surface area contributed by atoms with Crippen molar-refractivity contribution < 1.29 is 13.2 Å². The van der Waals surface area contributed by atoms with Gasteiger partial charge in [0.2, 0.25) is 15.9 Å². The minimum Gasteiger partial charge on any atom is -0.311 e. The Kier molecular flexibility index (Phi) is 6.30. The zero-order chi connectivity index (χ0) is 19.6. The molecule has 1 N–H and O–H groups in total. The van der Waals surface area contributed by atoms with Gasteiger partial charge in [-0.3, -0.25) is 4.79 Å². The molecule has 0 fully saturated rings. The van der Waals surface area contributed by atoms with E-state index in [0.717, 1.165) is 21.9 Å². The minimum atomic E-state index is -3.72. The average molecular weight is 425 g/mol. The standard InChI is InChI=1S/C19H24N2O3S3/c1-13(2)19(18-6-4-10-26-18)20-27(23,24)15-7-8-17-16(12-15)21(14(3)22)9-5-11-25-17/h4,6-8,10,12-13,19-20H,5,9,11H2,1-3H3. The van der Waals surface area contributed by atoms with Crippen LogP contribution in [0.1, 0.15) is 38.1 Å². The molecule has 1 atom stereocenters. The molecule has 0 saturated carbocycles. The van der Waals surface area contributed by atoms with Crippen LogP contribution < -0.4 is 9.62 Å². The second-order valence-electron chi connectivity index (χ2n) is 6.86. The van der Waals surface area contributed by atoms with Crippen molar-refractivity contribution in [2.24, 2.45) is 5.92 Å². The van der Waals surface area contributed by atoms with Crippen molar-refractivity contribution in [1.82, 2.24) is 4.72 Å². The topological polar surface area (TPSA) is 66.5 Å². The highest BCUT2D eigenvalue weighted by Gasteiger charge is 2.27. The van der Waals surface area contributed by atoms with Gasteiger partial charge in [0.15, 0.2) is 0 Å². The summed E-state index contributed by atoms with van der Waals surface area (Å²) in [6.07, 6.45) is 0.882. The number of nitrogens with zero attached hydrogens (tertiary/aromatic N) is 1. The summed E-state index contributed by atoms with van der Waals surface area (Å²) in [5.41, 5.74) is 0.685. The number of thioether (sulfide) groups is 1. The fraction of sp³-hybridized carbons (Fsp3) is 0.421. The number of fused-ring (bicyclic) bond motifs is 1. The molecule has 2 heterocycles. The predicted molar refractivity (Wildman–Crippen MR) is 112 cm³/mol. The Morgan fingerprint density at radius 3 is 2.67 bits per heavy atom. The van der Waals surface area contributed by atoms with Gasteiger partial charge in [-0.25, -0.2) is 13.1 Å². The molecule has 1 aromatic carbocycles. The number of thiophene rings is 1. The van der Waals surface area contributed by atoms with Crippen LogP contribution in [0.4, 0.5) is 5.69 Å². The van der Waals surface area contributed by atoms with E-state index in [1.165, 1.54) is 6.92 Å². The number of sulfonamides is 1. The van der Waals surface area contributed by atoms with Gasteiger partial charge in [0.25, 0.3) is 0 Å². The Morgan fingerprint density at radius 2 is 2.04 bits per heavy atom. The van der Waals surface area contributed by atoms with E-state index in [9.17, 15) is 13.2 Å². The van der Waals surface area contributed by atoms with Crippen LogP contribution in [-0.2, 0) is 14.8 Å². The Morgan fingerprint density at radius 1 is 1.26 bits per heavy atom. The highest BCUT2D eigenvalue weighted by molar-refractivity contribution is 7.99. The molecule has 3 rings (SSSR count). The van der Waals surface area contributed by atoms with Gasteiger partial charge < -0.3 is 4.90 Å². The first-order chi connectivity index (χ1) is 12.8. The van der Waals surface area contributed by atoms with E-state index >= 15 is 0 Å². The molecule has 2 aromatic rings. The molecule has 1 aromatic heterocycles. The molecule has 8 heteroatoms. The first kappa shape index (κ1) is 20.4. The number of anilines is 1. The lowest BCUT2D eigenvalue weighted by Crippen LogP contribution is -2.32. The van der Waals surface area contributed by atoms with Gasteiger partial charge in [0.1, 0.15) is 0 Å². The molecule has 5 nitrogen and oxygen atoms in total. The van der Waals surface area contributed by atoms with Crippen molar-refractivity contribution in [3.05, 3.63) is 40.6 Å². The van der Waals surface area contributed by atoms with Gasteiger partial charge >= 0.3 is 0 Å². The van der Waals surface area contributed by atoms with Crippen molar-refractivity contribution in [1.29, 1.82) is 0 Å². The van der Waals surface area contributed by atoms with E-state index in [2.05, 4.69) is 4.72 Å². The summed E-state index contributed by atoms with van der Waals surface area (Å²) in [5, 5.41) is 1.95. The number of carbonyl (C=O) groups is 1. The zero-order valence-electron chi connectivity index (χ0n) is 15.6. The quantitative estimate of drug-likeness (QED) is 0.778. The number of hydrogen-bond donors (Lipinski definition) is 1. The van der Waals surface area contributed by atoms with Crippen LogP contribution in [0, 0.1) is 5.92 Å². The molecule has 1 aliphatic rings. The van der Waals surface area contributed by atoms with Gasteiger partial charge in [0, 0.05) is 23.2 Å². The molecule has 0 saturated heterocycles. The van der Waals surface area contributed by atoms with E-state index in [1.807, 2.05) is 37.4 Å². The number of rotatable bonds is 5. The molecule has 146 valence electrons. The molecule has 0 radical (unpaired) electrons. The first-order valence-electron chi connectivity index (χ1n) is 8.90. The lowest BCUT2D eigenvalue weighted by atomic mass is 10.0. The molecule has 0 bridgehead atoms. The number of benzene rings is 1. The number of hydrogen-bond acceptors (Lipinski definition) is 5. The summed E-state index contributed by atoms with van der Waals surface area (Å²) in [6, 6.07) is 8.65. The van der Waals surface area contributed by atoms with E-state index in [-0.39, 0.29) is 22.8 Å². The number of carbonyl (C=O) groups excluding carboxylic acids is 1. The maximum Gasteiger partial charge on any atom is 0.241 e. The third-order valence-electron chi connectivity index (χ3n) is 4.49. The Balaban J connectivity index is 1.96. The summed E-state index contributed by atoms with van der Waals surface area (Å²) in [4.78, 5) is 15.9. The fourth-order valence-electron chi connectivity index (χ4n) is 3.08. The second kappa shape index (κ2) is 8.34. The summed E-state index contributed by atoms with van der Waals surface area (Å²) in [6.45, 7) is 6.12. The van der Waals surface area contributed by atoms with Crippen LogP contribution in [0.5, 0.6) is 0 Å². The zero-order valence-corrected chi connectivity index (χ0v) is 18.1. The second-order valence-corrected chi connectivity index (χ2v) is 10.7. The molecule has 27 heavy (non-hydrogen) atoms. The predicted octanol–water partition coefficient (Wildman–Crippen LogP) is 4.27. The summed E-state index contributed by atoms with van der Waals surface area (Å²) < 4.78 is 29.0. The summed E-state index contributed by atoms with van der Waals surface area (Å²) >= 11 is 3.20. The SMILES string of the molecule is CC(=O)N1CCCSc2ccc(S(=O)(=O)NC(c3cccs3)C(C)C)cc21. The molecular formula is C19H24N2O3S3. The van der Waals surface area contributed by atoms with Crippen LogP contribution in [0.2, 0.25) is 0 Å². The van der Waals surface area contributed by atoms with Crippen LogP contribution >= 0.6 is 23.1 Å². The van der Waals surface area contributed by atoms with Gasteiger partial charge in [-0.15, -0.1) is 23.1 Å². The third kappa shape index (κ3) is 4.56. The Labute approximate surface area is 169 Å². The largest absolute Gasteiger partial charge is 0.311 e. The van der Waals surface area contributed by atoms with Crippen molar-refractivity contribution in [3.8, 4) is 0 Å². The number of amides is 1. The molecule has 0 spiro atoms. The Hall–Kier alpha value is -1.35. The molecule has 1 amide bonds. The van der Waals surface area contributed by atoms with Gasteiger partial charge in [0.05, 0.1) is 16.6 Å². The van der Waals surface area contributed by atoms with Crippen molar-refractivity contribution in [3.63, 3.8) is 0 Å². The maximum absolute atomic E-state index is 13.1. The van der Waals surface area contributed by atoms with E-state index < -0.39 is 10.0 Å². The van der Waals surface area contributed by atoms with Crippen molar-refractivity contribution >= 4 is 44.7 Å². The number of nitrogens with one attached hydrogen (secondary N) is 1. The lowest BCUT2D eigenvalue weighted by Gasteiger charge is -2.23. The summed E-state index contributed by atoms with van der Waals surface area (Å²) in [7, 11) is -3.72. The van der Waals surface area contributed by atoms with E-state index in [0.29, 0.717) is 12.2 Å². The van der Waals surface area contributed by atoms with Crippen LogP contribution in [0.25, 0.3) is 0 Å². The molecule has 1 aliphatic heterocycles. The van der Waals surface area contributed by atoms with Crippen LogP contribution in [0.3, 0.4) is 0 Å². The first-order valence-corrected chi connectivity index (χ1v) is 12.2. The normalized spacial score (nSPS) is 16.1. The van der Waals surface area contributed by atoms with Crippen LogP contribution in [-0.4, -0.2) is 26.6 Å². The maximum atomic E-state index is 13.1. The van der Waals surface area contributed by atoms with Gasteiger partial charge in [-0.05, 0) is 47.7 Å². The lowest BCUT2D eigenvalue weighted by molar-refractivity contribution is -0.116. The highest BCUT2D eigenvalue weighted by atomic mass is 32.2. The third-order valence-corrected chi connectivity index (χ3v) is 8.04. The average Bonchev–Trinajstić information content (AvgIpc) is 3.05. The molecular weight excluding hydrogens is 400 g/mol.